The standard InChI is InChI=1S/C12H15BrFN3S/c13-11-7-10(14)2-1-9(11)8-16-12(15)17-3-5-18-6-4-17/h1-2,7H,3-6,8H2,(H2,15,16). The lowest BCUT2D eigenvalue weighted by Gasteiger charge is -2.27. The van der Waals surface area contributed by atoms with Gasteiger partial charge in [0.15, 0.2) is 5.96 Å². The molecule has 1 saturated heterocycles. The smallest absolute Gasteiger partial charge is 0.191 e. The topological polar surface area (TPSA) is 41.6 Å². The lowest BCUT2D eigenvalue weighted by molar-refractivity contribution is 0.455. The van der Waals surface area contributed by atoms with Crippen molar-refractivity contribution in [3.63, 3.8) is 0 Å². The number of thioether (sulfide) groups is 1. The van der Waals surface area contributed by atoms with Crippen molar-refractivity contribution in [1.82, 2.24) is 4.90 Å². The lowest BCUT2D eigenvalue weighted by atomic mass is 10.2. The molecular formula is C12H15BrFN3S. The van der Waals surface area contributed by atoms with Gasteiger partial charge in [0.05, 0.1) is 6.54 Å². The normalized spacial score (nSPS) is 17.0. The molecule has 1 aromatic rings. The van der Waals surface area contributed by atoms with Crippen LogP contribution in [0.2, 0.25) is 0 Å². The maximum Gasteiger partial charge on any atom is 0.191 e. The van der Waals surface area contributed by atoms with Crippen molar-refractivity contribution in [3.05, 3.63) is 34.1 Å². The van der Waals surface area contributed by atoms with Crippen LogP contribution in [0.4, 0.5) is 4.39 Å². The summed E-state index contributed by atoms with van der Waals surface area (Å²) < 4.78 is 13.7. The number of hydrogen-bond donors (Lipinski definition) is 1. The van der Waals surface area contributed by atoms with E-state index in [2.05, 4.69) is 25.8 Å². The van der Waals surface area contributed by atoms with Crippen molar-refractivity contribution in [1.29, 1.82) is 0 Å². The molecule has 2 N–H and O–H groups in total. The largest absolute Gasteiger partial charge is 0.370 e. The maximum absolute atomic E-state index is 12.9. The Morgan fingerprint density at radius 2 is 2.17 bits per heavy atom. The molecule has 6 heteroatoms. The quantitative estimate of drug-likeness (QED) is 0.668. The highest BCUT2D eigenvalue weighted by Gasteiger charge is 2.12. The third-order valence-electron chi connectivity index (χ3n) is 2.76. The van der Waals surface area contributed by atoms with Crippen molar-refractivity contribution >= 4 is 33.7 Å². The first kappa shape index (κ1) is 13.7. The van der Waals surface area contributed by atoms with E-state index in [1.165, 1.54) is 12.1 Å². The number of nitrogens with two attached hydrogens (primary N) is 1. The van der Waals surface area contributed by atoms with Gasteiger partial charge in [0.25, 0.3) is 0 Å². The number of rotatable bonds is 2. The van der Waals surface area contributed by atoms with Gasteiger partial charge in [-0.15, -0.1) is 0 Å². The number of hydrogen-bond acceptors (Lipinski definition) is 2. The van der Waals surface area contributed by atoms with E-state index in [1.54, 1.807) is 6.07 Å². The molecule has 1 aromatic carbocycles. The molecule has 0 saturated carbocycles. The Morgan fingerprint density at radius 1 is 1.44 bits per heavy atom. The zero-order valence-electron chi connectivity index (χ0n) is 9.90. The van der Waals surface area contributed by atoms with Crippen molar-refractivity contribution < 1.29 is 4.39 Å². The molecule has 2 rings (SSSR count). The van der Waals surface area contributed by atoms with Gasteiger partial charge in [0, 0.05) is 29.1 Å². The predicted octanol–water partition coefficient (Wildman–Crippen LogP) is 2.45. The molecule has 0 atom stereocenters. The molecule has 0 aliphatic carbocycles. The highest BCUT2D eigenvalue weighted by molar-refractivity contribution is 9.10. The zero-order valence-corrected chi connectivity index (χ0v) is 12.3. The molecule has 0 amide bonds. The van der Waals surface area contributed by atoms with E-state index in [0.717, 1.165) is 34.6 Å². The third kappa shape index (κ3) is 3.62. The van der Waals surface area contributed by atoms with E-state index in [-0.39, 0.29) is 5.82 Å². The Morgan fingerprint density at radius 3 is 2.83 bits per heavy atom. The summed E-state index contributed by atoms with van der Waals surface area (Å²) in [6.45, 7) is 2.37. The van der Waals surface area contributed by atoms with E-state index in [4.69, 9.17) is 5.73 Å². The van der Waals surface area contributed by atoms with Gasteiger partial charge in [-0.05, 0) is 17.7 Å². The molecule has 1 fully saturated rings. The molecule has 18 heavy (non-hydrogen) atoms. The zero-order chi connectivity index (χ0) is 13.0. The minimum absolute atomic E-state index is 0.254. The first-order valence-electron chi connectivity index (χ1n) is 5.73. The maximum atomic E-state index is 12.9. The number of aliphatic imine (C=N–C) groups is 1. The molecule has 0 unspecified atom stereocenters. The van der Waals surface area contributed by atoms with Crippen molar-refractivity contribution in [2.24, 2.45) is 10.7 Å². The summed E-state index contributed by atoms with van der Waals surface area (Å²) in [7, 11) is 0. The number of halogens is 2. The summed E-state index contributed by atoms with van der Waals surface area (Å²) in [5.74, 6) is 2.51. The van der Waals surface area contributed by atoms with Crippen molar-refractivity contribution in [2.75, 3.05) is 24.6 Å². The van der Waals surface area contributed by atoms with Gasteiger partial charge in [-0.3, -0.25) is 0 Å². The van der Waals surface area contributed by atoms with Crippen molar-refractivity contribution in [2.45, 2.75) is 6.54 Å². The molecule has 1 aliphatic rings. The molecule has 1 heterocycles. The van der Waals surface area contributed by atoms with Crippen LogP contribution in [0.15, 0.2) is 27.7 Å². The monoisotopic (exact) mass is 331 g/mol. The van der Waals surface area contributed by atoms with E-state index in [0.29, 0.717) is 12.5 Å². The Bertz CT molecular complexity index is 447. The second kappa shape index (κ2) is 6.43. The lowest BCUT2D eigenvalue weighted by Crippen LogP contribution is -2.42. The minimum Gasteiger partial charge on any atom is -0.370 e. The summed E-state index contributed by atoms with van der Waals surface area (Å²) in [5, 5.41) is 0. The first-order valence-corrected chi connectivity index (χ1v) is 7.68. The highest BCUT2D eigenvalue weighted by atomic mass is 79.9. The van der Waals surface area contributed by atoms with Crippen LogP contribution in [-0.4, -0.2) is 35.5 Å². The number of benzene rings is 1. The summed E-state index contributed by atoms with van der Waals surface area (Å²) in [4.78, 5) is 6.46. The second-order valence-electron chi connectivity index (χ2n) is 4.01. The van der Waals surface area contributed by atoms with Gasteiger partial charge in [-0.2, -0.15) is 11.8 Å². The van der Waals surface area contributed by atoms with E-state index >= 15 is 0 Å². The van der Waals surface area contributed by atoms with Gasteiger partial charge in [0.2, 0.25) is 0 Å². The summed E-state index contributed by atoms with van der Waals surface area (Å²) in [6.07, 6.45) is 0. The van der Waals surface area contributed by atoms with Crippen molar-refractivity contribution in [3.8, 4) is 0 Å². The van der Waals surface area contributed by atoms with Gasteiger partial charge >= 0.3 is 0 Å². The van der Waals surface area contributed by atoms with Gasteiger partial charge in [-0.1, -0.05) is 22.0 Å². The Kier molecular flexibility index (Phi) is 4.88. The molecule has 0 bridgehead atoms. The van der Waals surface area contributed by atoms with Crippen LogP contribution in [0.25, 0.3) is 0 Å². The Labute approximate surface area is 119 Å². The molecule has 98 valence electrons. The Balaban J connectivity index is 2.00. The average Bonchev–Trinajstić information content (AvgIpc) is 2.38. The van der Waals surface area contributed by atoms with Crippen LogP contribution >= 0.6 is 27.7 Å². The predicted molar refractivity (Wildman–Crippen MR) is 78.3 cm³/mol. The van der Waals surface area contributed by atoms with Gasteiger partial charge < -0.3 is 10.6 Å². The van der Waals surface area contributed by atoms with Gasteiger partial charge in [0.1, 0.15) is 5.82 Å². The number of guanidine groups is 1. The molecule has 3 nitrogen and oxygen atoms in total. The molecule has 1 aliphatic heterocycles. The van der Waals surface area contributed by atoms with Crippen LogP contribution in [0.3, 0.4) is 0 Å². The molecule has 0 radical (unpaired) electrons. The van der Waals surface area contributed by atoms with E-state index in [1.807, 2.05) is 11.8 Å². The van der Waals surface area contributed by atoms with E-state index in [9.17, 15) is 4.39 Å². The first-order chi connectivity index (χ1) is 8.66. The van der Waals surface area contributed by atoms with Crippen LogP contribution in [-0.2, 0) is 6.54 Å². The average molecular weight is 332 g/mol. The molecular weight excluding hydrogens is 317 g/mol. The fourth-order valence-corrected chi connectivity index (χ4v) is 3.09. The van der Waals surface area contributed by atoms with E-state index < -0.39 is 0 Å². The minimum atomic E-state index is -0.254. The second-order valence-corrected chi connectivity index (χ2v) is 6.09. The summed E-state index contributed by atoms with van der Waals surface area (Å²) in [5.41, 5.74) is 6.89. The number of nitrogens with zero attached hydrogens (tertiary/aromatic N) is 2. The van der Waals surface area contributed by atoms with Crippen LogP contribution in [0, 0.1) is 5.82 Å². The Hall–Kier alpha value is -0.750. The summed E-state index contributed by atoms with van der Waals surface area (Å²) >= 11 is 5.26. The molecule has 0 spiro atoms. The fourth-order valence-electron chi connectivity index (χ4n) is 1.71. The van der Waals surface area contributed by atoms with Crippen LogP contribution in [0.1, 0.15) is 5.56 Å². The van der Waals surface area contributed by atoms with Gasteiger partial charge in [-0.25, -0.2) is 9.38 Å². The summed E-state index contributed by atoms with van der Waals surface area (Å²) in [6, 6.07) is 4.60. The van der Waals surface area contributed by atoms with Crippen LogP contribution in [0.5, 0.6) is 0 Å². The highest BCUT2D eigenvalue weighted by Crippen LogP contribution is 2.19. The third-order valence-corrected chi connectivity index (χ3v) is 4.44. The SMILES string of the molecule is NC(=NCc1ccc(F)cc1Br)N1CCSCC1. The van der Waals surface area contributed by atoms with Crippen LogP contribution < -0.4 is 5.73 Å². The molecule has 0 aromatic heterocycles. The fraction of sp³-hybridized carbons (Fsp3) is 0.417.